The summed E-state index contributed by atoms with van der Waals surface area (Å²) in [6.45, 7) is 22.8. The number of carbonyl (C=O) groups is 2. The molecular formula is C26H52N4O4. The Labute approximate surface area is 208 Å². The Hall–Kier alpha value is -1.54. The van der Waals surface area contributed by atoms with E-state index >= 15 is 0 Å². The Bertz CT molecular complexity index is 598. The maximum absolute atomic E-state index is 11.9. The molecule has 0 bridgehead atoms. The standard InChI is InChI=1S/2C13H26N2O2/c2*1-9(2)10-6-7-15(8-11(10)14)12(16)17-13(3,4)5/h2*9-11H,6-8,14H2,1-5H3/t2*10-,11-/m10/s1. The van der Waals surface area contributed by atoms with Gasteiger partial charge in [-0.15, -0.1) is 0 Å². The number of piperidine rings is 2. The molecule has 2 heterocycles. The largest absolute Gasteiger partial charge is 0.444 e. The highest BCUT2D eigenvalue weighted by molar-refractivity contribution is 5.68. The fraction of sp³-hybridized carbons (Fsp3) is 0.923. The zero-order chi connectivity index (χ0) is 26.4. The quantitative estimate of drug-likeness (QED) is 0.599. The molecule has 4 N–H and O–H groups in total. The van der Waals surface area contributed by atoms with Crippen molar-refractivity contribution < 1.29 is 19.1 Å². The predicted molar refractivity (Wildman–Crippen MR) is 137 cm³/mol. The van der Waals surface area contributed by atoms with Crippen molar-refractivity contribution in [3.63, 3.8) is 0 Å². The summed E-state index contributed by atoms with van der Waals surface area (Å²) in [5, 5.41) is 0. The number of likely N-dealkylation sites (tertiary alicyclic amines) is 2. The van der Waals surface area contributed by atoms with E-state index in [0.29, 0.717) is 36.8 Å². The van der Waals surface area contributed by atoms with Gasteiger partial charge in [0, 0.05) is 38.3 Å². The minimum atomic E-state index is -0.434. The third-order valence-corrected chi connectivity index (χ3v) is 6.44. The van der Waals surface area contributed by atoms with Crippen LogP contribution in [0.3, 0.4) is 0 Å². The van der Waals surface area contributed by atoms with Crippen molar-refractivity contribution in [2.24, 2.45) is 35.1 Å². The normalized spacial score (nSPS) is 26.2. The summed E-state index contributed by atoms with van der Waals surface area (Å²) < 4.78 is 10.7. The Kier molecular flexibility index (Phi) is 11.1. The summed E-state index contributed by atoms with van der Waals surface area (Å²) in [4.78, 5) is 27.2. The average Bonchev–Trinajstić information content (AvgIpc) is 2.65. The lowest BCUT2D eigenvalue weighted by atomic mass is 9.83. The molecule has 2 rings (SSSR count). The molecule has 8 heteroatoms. The summed E-state index contributed by atoms with van der Waals surface area (Å²) >= 11 is 0. The molecule has 4 atom stereocenters. The predicted octanol–water partition coefficient (Wildman–Crippen LogP) is 4.45. The third-order valence-electron chi connectivity index (χ3n) is 6.44. The fourth-order valence-corrected chi connectivity index (χ4v) is 4.64. The molecule has 0 saturated carbocycles. The average molecular weight is 485 g/mol. The van der Waals surface area contributed by atoms with Crippen LogP contribution in [0.15, 0.2) is 0 Å². The van der Waals surface area contributed by atoms with E-state index in [1.807, 2.05) is 41.5 Å². The zero-order valence-corrected chi connectivity index (χ0v) is 23.4. The first-order valence-corrected chi connectivity index (χ1v) is 12.9. The molecule has 2 aliphatic heterocycles. The molecule has 0 spiro atoms. The molecule has 0 aromatic heterocycles. The molecule has 2 amide bonds. The highest BCUT2D eigenvalue weighted by Crippen LogP contribution is 2.26. The number of rotatable bonds is 2. The first-order chi connectivity index (χ1) is 15.4. The SMILES string of the molecule is CC(C)[C@@H]1CCN(C(=O)OC(C)(C)C)C[C@@H]1N.CC(C)[C@H]1CCN(C(=O)OC(C)(C)C)C[C@H]1N. The fourth-order valence-electron chi connectivity index (χ4n) is 4.64. The molecule has 2 fully saturated rings. The van der Waals surface area contributed by atoms with E-state index in [0.717, 1.165) is 25.9 Å². The molecule has 0 aromatic carbocycles. The molecule has 2 aliphatic rings. The Morgan fingerprint density at radius 3 is 1.21 bits per heavy atom. The van der Waals surface area contributed by atoms with E-state index < -0.39 is 11.2 Å². The number of amides is 2. The van der Waals surface area contributed by atoms with Gasteiger partial charge < -0.3 is 30.7 Å². The smallest absolute Gasteiger partial charge is 0.410 e. The Morgan fingerprint density at radius 2 is 1.00 bits per heavy atom. The monoisotopic (exact) mass is 484 g/mol. The van der Waals surface area contributed by atoms with Crippen molar-refractivity contribution in [2.75, 3.05) is 26.2 Å². The number of ether oxygens (including phenoxy) is 2. The van der Waals surface area contributed by atoms with E-state index in [4.69, 9.17) is 20.9 Å². The lowest BCUT2D eigenvalue weighted by Crippen LogP contribution is -2.52. The molecule has 34 heavy (non-hydrogen) atoms. The van der Waals surface area contributed by atoms with Gasteiger partial charge in [0.2, 0.25) is 0 Å². The molecule has 2 saturated heterocycles. The van der Waals surface area contributed by atoms with Gasteiger partial charge >= 0.3 is 12.2 Å². The Balaban J connectivity index is 0.000000340. The molecular weight excluding hydrogens is 432 g/mol. The highest BCUT2D eigenvalue weighted by Gasteiger charge is 2.34. The van der Waals surface area contributed by atoms with Crippen molar-refractivity contribution in [1.82, 2.24) is 9.80 Å². The van der Waals surface area contributed by atoms with Crippen LogP contribution in [0.25, 0.3) is 0 Å². The van der Waals surface area contributed by atoms with E-state index in [9.17, 15) is 9.59 Å². The van der Waals surface area contributed by atoms with Gasteiger partial charge in [-0.3, -0.25) is 0 Å². The topological polar surface area (TPSA) is 111 Å². The van der Waals surface area contributed by atoms with Crippen LogP contribution in [0.4, 0.5) is 9.59 Å². The van der Waals surface area contributed by atoms with Crippen LogP contribution in [0, 0.1) is 23.7 Å². The Morgan fingerprint density at radius 1 is 0.706 bits per heavy atom. The van der Waals surface area contributed by atoms with Crippen LogP contribution in [0.1, 0.15) is 82.1 Å². The molecule has 0 aromatic rings. The second-order valence-electron chi connectivity index (χ2n) is 12.6. The van der Waals surface area contributed by atoms with Crippen molar-refractivity contribution in [2.45, 2.75) is 105 Å². The van der Waals surface area contributed by atoms with Gasteiger partial charge in [-0.25, -0.2) is 9.59 Å². The first kappa shape index (κ1) is 30.5. The molecule has 8 nitrogen and oxygen atoms in total. The maximum atomic E-state index is 11.9. The van der Waals surface area contributed by atoms with Gasteiger partial charge in [-0.1, -0.05) is 27.7 Å². The molecule has 0 unspecified atom stereocenters. The summed E-state index contributed by atoms with van der Waals surface area (Å²) in [5.74, 6) is 2.17. The van der Waals surface area contributed by atoms with Crippen LogP contribution >= 0.6 is 0 Å². The van der Waals surface area contributed by atoms with Gasteiger partial charge in [-0.05, 0) is 78.1 Å². The number of nitrogens with zero attached hydrogens (tertiary/aromatic N) is 2. The van der Waals surface area contributed by atoms with Gasteiger partial charge in [0.25, 0.3) is 0 Å². The summed E-state index contributed by atoms with van der Waals surface area (Å²) in [6.07, 6.45) is 1.46. The second-order valence-corrected chi connectivity index (χ2v) is 12.6. The van der Waals surface area contributed by atoms with Crippen LogP contribution in [0.2, 0.25) is 0 Å². The van der Waals surface area contributed by atoms with Gasteiger partial charge in [0.1, 0.15) is 11.2 Å². The van der Waals surface area contributed by atoms with Crippen LogP contribution in [-0.4, -0.2) is 71.5 Å². The molecule has 0 aliphatic carbocycles. The van der Waals surface area contributed by atoms with Crippen LogP contribution in [0.5, 0.6) is 0 Å². The third kappa shape index (κ3) is 10.4. The summed E-state index contributed by atoms with van der Waals surface area (Å²) in [5.41, 5.74) is 11.4. The van der Waals surface area contributed by atoms with E-state index in [2.05, 4.69) is 27.7 Å². The minimum absolute atomic E-state index is 0.0660. The van der Waals surface area contributed by atoms with Gasteiger partial charge in [0.15, 0.2) is 0 Å². The minimum Gasteiger partial charge on any atom is -0.444 e. The molecule has 200 valence electrons. The van der Waals surface area contributed by atoms with Crippen molar-refractivity contribution in [3.8, 4) is 0 Å². The zero-order valence-electron chi connectivity index (χ0n) is 23.4. The number of hydrogen-bond acceptors (Lipinski definition) is 6. The van der Waals surface area contributed by atoms with Crippen molar-refractivity contribution in [1.29, 1.82) is 0 Å². The van der Waals surface area contributed by atoms with Crippen molar-refractivity contribution in [3.05, 3.63) is 0 Å². The lowest BCUT2D eigenvalue weighted by molar-refractivity contribution is 0.0128. The van der Waals surface area contributed by atoms with E-state index in [1.165, 1.54) is 0 Å². The number of carbonyl (C=O) groups excluding carboxylic acids is 2. The van der Waals surface area contributed by atoms with E-state index in [1.54, 1.807) is 9.80 Å². The van der Waals surface area contributed by atoms with E-state index in [-0.39, 0.29) is 24.3 Å². The van der Waals surface area contributed by atoms with Crippen LogP contribution in [-0.2, 0) is 9.47 Å². The van der Waals surface area contributed by atoms with Gasteiger partial charge in [-0.2, -0.15) is 0 Å². The lowest BCUT2D eigenvalue weighted by Gasteiger charge is -2.39. The summed E-state index contributed by atoms with van der Waals surface area (Å²) in [6, 6.07) is 0.132. The second kappa shape index (κ2) is 12.4. The first-order valence-electron chi connectivity index (χ1n) is 12.9. The maximum Gasteiger partial charge on any atom is 0.410 e. The van der Waals surface area contributed by atoms with Crippen molar-refractivity contribution >= 4 is 12.2 Å². The molecule has 0 radical (unpaired) electrons. The highest BCUT2D eigenvalue weighted by atomic mass is 16.6. The number of nitrogens with two attached hydrogens (primary N) is 2. The number of hydrogen-bond donors (Lipinski definition) is 2. The van der Waals surface area contributed by atoms with Gasteiger partial charge in [0.05, 0.1) is 0 Å². The van der Waals surface area contributed by atoms with Crippen LogP contribution < -0.4 is 11.5 Å². The summed E-state index contributed by atoms with van der Waals surface area (Å²) in [7, 11) is 0.